The Kier molecular flexibility index (Phi) is 6.16. The van der Waals surface area contributed by atoms with Gasteiger partial charge < -0.3 is 19.9 Å². The maximum absolute atomic E-state index is 12.1. The fraction of sp³-hybridized carbons (Fsp3) is 0.429. The Balaban J connectivity index is 1.55. The third-order valence-corrected chi connectivity index (χ3v) is 4.72. The minimum atomic E-state index is -0.0629. The number of hydrogen-bond donors (Lipinski definition) is 1. The second-order valence-corrected chi connectivity index (χ2v) is 7.18. The number of pyridine rings is 1. The van der Waals surface area contributed by atoms with Crippen molar-refractivity contribution in [2.24, 2.45) is 5.92 Å². The number of ether oxygens (including phenoxy) is 1. The van der Waals surface area contributed by atoms with E-state index < -0.39 is 0 Å². The fourth-order valence-corrected chi connectivity index (χ4v) is 3.09. The van der Waals surface area contributed by atoms with E-state index in [1.165, 1.54) is 5.69 Å². The SMILES string of the molecule is COc1ccc(N2CCN(c3ccc(C(=O)NCC(C)C)cn3)CC2)cc1. The molecule has 1 aliphatic heterocycles. The molecule has 0 spiro atoms. The average molecular weight is 368 g/mol. The number of hydrogen-bond acceptors (Lipinski definition) is 5. The molecule has 144 valence electrons. The van der Waals surface area contributed by atoms with Crippen molar-refractivity contribution in [3.8, 4) is 5.75 Å². The van der Waals surface area contributed by atoms with Crippen molar-refractivity contribution in [3.63, 3.8) is 0 Å². The predicted octanol–water partition coefficient (Wildman–Crippen LogP) is 2.80. The number of piperazine rings is 1. The molecule has 2 aromatic rings. The van der Waals surface area contributed by atoms with E-state index in [9.17, 15) is 4.79 Å². The molecule has 3 rings (SSSR count). The summed E-state index contributed by atoms with van der Waals surface area (Å²) in [5.74, 6) is 2.17. The van der Waals surface area contributed by atoms with Gasteiger partial charge in [0.05, 0.1) is 12.7 Å². The first kappa shape index (κ1) is 19.0. The number of carbonyl (C=O) groups is 1. The zero-order valence-corrected chi connectivity index (χ0v) is 16.3. The van der Waals surface area contributed by atoms with Gasteiger partial charge in [0.1, 0.15) is 11.6 Å². The summed E-state index contributed by atoms with van der Waals surface area (Å²) >= 11 is 0. The smallest absolute Gasteiger partial charge is 0.252 e. The Morgan fingerprint density at radius 3 is 2.30 bits per heavy atom. The minimum absolute atomic E-state index is 0.0629. The highest BCUT2D eigenvalue weighted by Crippen LogP contribution is 2.22. The van der Waals surface area contributed by atoms with E-state index in [1.807, 2.05) is 24.3 Å². The summed E-state index contributed by atoms with van der Waals surface area (Å²) in [6.07, 6.45) is 1.67. The van der Waals surface area contributed by atoms with Gasteiger partial charge in [-0.05, 0) is 42.3 Å². The summed E-state index contributed by atoms with van der Waals surface area (Å²) in [7, 11) is 1.68. The molecule has 0 saturated carbocycles. The highest BCUT2D eigenvalue weighted by atomic mass is 16.5. The lowest BCUT2D eigenvalue weighted by Crippen LogP contribution is -2.46. The molecule has 0 radical (unpaired) electrons. The Labute approximate surface area is 161 Å². The molecule has 1 fully saturated rings. The van der Waals surface area contributed by atoms with Crippen molar-refractivity contribution in [1.29, 1.82) is 0 Å². The first-order valence-electron chi connectivity index (χ1n) is 9.45. The summed E-state index contributed by atoms with van der Waals surface area (Å²) in [6, 6.07) is 12.0. The van der Waals surface area contributed by atoms with Gasteiger partial charge in [-0.2, -0.15) is 0 Å². The van der Waals surface area contributed by atoms with Gasteiger partial charge in [-0.1, -0.05) is 13.8 Å². The van der Waals surface area contributed by atoms with Crippen LogP contribution in [0.2, 0.25) is 0 Å². The molecule has 0 aliphatic carbocycles. The highest BCUT2D eigenvalue weighted by Gasteiger charge is 2.18. The topological polar surface area (TPSA) is 57.7 Å². The Morgan fingerprint density at radius 1 is 1.07 bits per heavy atom. The molecule has 1 saturated heterocycles. The molecule has 2 heterocycles. The molecule has 0 bridgehead atoms. The van der Waals surface area contributed by atoms with Crippen molar-refractivity contribution >= 4 is 17.4 Å². The second-order valence-electron chi connectivity index (χ2n) is 7.18. The number of nitrogens with zero attached hydrogens (tertiary/aromatic N) is 3. The number of nitrogens with one attached hydrogen (secondary N) is 1. The standard InChI is InChI=1S/C21H28N4O2/c1-16(2)14-23-21(26)17-4-9-20(22-15-17)25-12-10-24(11-13-25)18-5-7-19(27-3)8-6-18/h4-9,15-16H,10-14H2,1-3H3,(H,23,26). The fourth-order valence-electron chi connectivity index (χ4n) is 3.09. The minimum Gasteiger partial charge on any atom is -0.497 e. The van der Waals surface area contributed by atoms with Crippen molar-refractivity contribution in [2.45, 2.75) is 13.8 Å². The maximum atomic E-state index is 12.1. The molecule has 1 aromatic heterocycles. The van der Waals surface area contributed by atoms with Crippen LogP contribution in [0.25, 0.3) is 0 Å². The highest BCUT2D eigenvalue weighted by molar-refractivity contribution is 5.94. The van der Waals surface area contributed by atoms with Gasteiger partial charge in [-0.25, -0.2) is 4.98 Å². The van der Waals surface area contributed by atoms with Crippen LogP contribution in [-0.2, 0) is 0 Å². The molecule has 6 nitrogen and oxygen atoms in total. The first-order valence-corrected chi connectivity index (χ1v) is 9.45. The van der Waals surface area contributed by atoms with Crippen LogP contribution in [0.5, 0.6) is 5.75 Å². The molecule has 1 aromatic carbocycles. The van der Waals surface area contributed by atoms with Gasteiger partial charge in [0.15, 0.2) is 0 Å². The summed E-state index contributed by atoms with van der Waals surface area (Å²) < 4.78 is 5.22. The third kappa shape index (κ3) is 4.90. The van der Waals surface area contributed by atoms with Crippen LogP contribution in [0.4, 0.5) is 11.5 Å². The molecular formula is C21H28N4O2. The van der Waals surface area contributed by atoms with Gasteiger partial charge in [0.2, 0.25) is 0 Å². The Hall–Kier alpha value is -2.76. The number of aromatic nitrogens is 1. The zero-order chi connectivity index (χ0) is 19.2. The first-order chi connectivity index (χ1) is 13.1. The van der Waals surface area contributed by atoms with Crippen LogP contribution >= 0.6 is 0 Å². The quantitative estimate of drug-likeness (QED) is 0.850. The van der Waals surface area contributed by atoms with Crippen molar-refractivity contribution in [1.82, 2.24) is 10.3 Å². The van der Waals surface area contributed by atoms with Crippen LogP contribution in [0.3, 0.4) is 0 Å². The van der Waals surface area contributed by atoms with Crippen LogP contribution in [0.1, 0.15) is 24.2 Å². The van der Waals surface area contributed by atoms with E-state index >= 15 is 0 Å². The molecule has 0 unspecified atom stereocenters. The lowest BCUT2D eigenvalue weighted by atomic mass is 10.2. The van der Waals surface area contributed by atoms with Crippen LogP contribution in [0.15, 0.2) is 42.6 Å². The molecule has 1 N–H and O–H groups in total. The molecule has 27 heavy (non-hydrogen) atoms. The van der Waals surface area contributed by atoms with Gasteiger partial charge in [-0.15, -0.1) is 0 Å². The molecule has 0 atom stereocenters. The molecule has 6 heteroatoms. The Morgan fingerprint density at radius 2 is 1.74 bits per heavy atom. The van der Waals surface area contributed by atoms with E-state index in [1.54, 1.807) is 13.3 Å². The van der Waals surface area contributed by atoms with Crippen LogP contribution in [-0.4, -0.2) is 50.7 Å². The van der Waals surface area contributed by atoms with Crippen molar-refractivity contribution in [2.75, 3.05) is 49.6 Å². The normalized spacial score (nSPS) is 14.4. The Bertz CT molecular complexity index is 736. The maximum Gasteiger partial charge on any atom is 0.252 e. The lowest BCUT2D eigenvalue weighted by Gasteiger charge is -2.36. The van der Waals surface area contributed by atoms with Gasteiger partial charge in [-0.3, -0.25) is 4.79 Å². The monoisotopic (exact) mass is 368 g/mol. The van der Waals surface area contributed by atoms with Gasteiger partial charge in [0.25, 0.3) is 5.91 Å². The van der Waals surface area contributed by atoms with E-state index in [-0.39, 0.29) is 5.91 Å². The third-order valence-electron chi connectivity index (χ3n) is 4.72. The largest absolute Gasteiger partial charge is 0.497 e. The van der Waals surface area contributed by atoms with Crippen molar-refractivity contribution in [3.05, 3.63) is 48.2 Å². The molecular weight excluding hydrogens is 340 g/mol. The molecule has 1 amide bonds. The summed E-state index contributed by atoms with van der Waals surface area (Å²) in [4.78, 5) is 21.2. The summed E-state index contributed by atoms with van der Waals surface area (Å²) in [6.45, 7) is 8.50. The second kappa shape index (κ2) is 8.75. The van der Waals surface area contributed by atoms with E-state index in [2.05, 4.69) is 46.1 Å². The number of methoxy groups -OCH3 is 1. The number of benzene rings is 1. The number of rotatable bonds is 6. The molecule has 1 aliphatic rings. The average Bonchev–Trinajstić information content (AvgIpc) is 2.72. The summed E-state index contributed by atoms with van der Waals surface area (Å²) in [5, 5.41) is 2.92. The van der Waals surface area contributed by atoms with E-state index in [4.69, 9.17) is 4.74 Å². The number of carbonyl (C=O) groups excluding carboxylic acids is 1. The lowest BCUT2D eigenvalue weighted by molar-refractivity contribution is 0.0948. The van der Waals surface area contributed by atoms with Crippen LogP contribution in [0, 0.1) is 5.92 Å². The van der Waals surface area contributed by atoms with Crippen LogP contribution < -0.4 is 19.9 Å². The van der Waals surface area contributed by atoms with Crippen molar-refractivity contribution < 1.29 is 9.53 Å². The van der Waals surface area contributed by atoms with E-state index in [0.29, 0.717) is 18.0 Å². The summed E-state index contributed by atoms with van der Waals surface area (Å²) in [5.41, 5.74) is 1.82. The number of anilines is 2. The van der Waals surface area contributed by atoms with E-state index in [0.717, 1.165) is 37.7 Å². The van der Waals surface area contributed by atoms with Gasteiger partial charge in [0, 0.05) is 44.6 Å². The predicted molar refractivity (Wildman–Crippen MR) is 109 cm³/mol. The number of amides is 1. The van der Waals surface area contributed by atoms with Gasteiger partial charge >= 0.3 is 0 Å². The zero-order valence-electron chi connectivity index (χ0n) is 16.3.